The molecule has 0 aliphatic heterocycles. The summed E-state index contributed by atoms with van der Waals surface area (Å²) in [5.74, 6) is 2.13. The van der Waals surface area contributed by atoms with Crippen LogP contribution in [0, 0.1) is 0 Å². The van der Waals surface area contributed by atoms with E-state index >= 15 is 0 Å². The average molecular weight is 337 g/mol. The summed E-state index contributed by atoms with van der Waals surface area (Å²) in [7, 11) is 0. The lowest BCUT2D eigenvalue weighted by atomic mass is 10.1. The van der Waals surface area contributed by atoms with Gasteiger partial charge in [0.2, 0.25) is 0 Å². The Bertz CT molecular complexity index is 535. The number of benzene rings is 1. The Kier molecular flexibility index (Phi) is 7.06. The zero-order valence-electron chi connectivity index (χ0n) is 12.1. The SMILES string of the molecule is CCc1ccc(NC(=S)NCCSCc2cccs2)cc1. The molecule has 0 amide bonds. The number of hydrogen-bond donors (Lipinski definition) is 2. The van der Waals surface area contributed by atoms with Crippen molar-refractivity contribution in [1.82, 2.24) is 5.32 Å². The molecule has 2 rings (SSSR count). The lowest BCUT2D eigenvalue weighted by Gasteiger charge is -2.10. The van der Waals surface area contributed by atoms with Crippen LogP contribution in [-0.2, 0) is 12.2 Å². The van der Waals surface area contributed by atoms with E-state index < -0.39 is 0 Å². The Hall–Kier alpha value is -1.04. The summed E-state index contributed by atoms with van der Waals surface area (Å²) in [6.45, 7) is 3.04. The Morgan fingerprint density at radius 1 is 1.24 bits per heavy atom. The van der Waals surface area contributed by atoms with Gasteiger partial charge >= 0.3 is 0 Å². The summed E-state index contributed by atoms with van der Waals surface area (Å²) in [6, 6.07) is 12.7. The molecule has 0 radical (unpaired) electrons. The molecular formula is C16H20N2S3. The third kappa shape index (κ3) is 6.08. The van der Waals surface area contributed by atoms with E-state index in [9.17, 15) is 0 Å². The van der Waals surface area contributed by atoms with E-state index in [-0.39, 0.29) is 0 Å². The third-order valence-corrected chi connectivity index (χ3v) is 5.29. The first-order chi connectivity index (χ1) is 10.3. The zero-order chi connectivity index (χ0) is 14.9. The van der Waals surface area contributed by atoms with Gasteiger partial charge in [0, 0.05) is 28.6 Å². The highest BCUT2D eigenvalue weighted by Gasteiger charge is 1.98. The predicted octanol–water partition coefficient (Wildman–Crippen LogP) is 4.53. The van der Waals surface area contributed by atoms with Crippen LogP contribution in [0.5, 0.6) is 0 Å². The van der Waals surface area contributed by atoms with Gasteiger partial charge in [0.25, 0.3) is 0 Å². The predicted molar refractivity (Wildman–Crippen MR) is 101 cm³/mol. The fraction of sp³-hybridized carbons (Fsp3) is 0.312. The van der Waals surface area contributed by atoms with E-state index in [1.807, 2.05) is 23.1 Å². The summed E-state index contributed by atoms with van der Waals surface area (Å²) in [5, 5.41) is 9.27. The highest BCUT2D eigenvalue weighted by Crippen LogP contribution is 2.16. The molecule has 2 aromatic rings. The second-order valence-electron chi connectivity index (χ2n) is 4.56. The lowest BCUT2D eigenvalue weighted by molar-refractivity contribution is 0.990. The number of thiophene rings is 1. The molecule has 0 aliphatic carbocycles. The van der Waals surface area contributed by atoms with Gasteiger partial charge in [-0.15, -0.1) is 11.3 Å². The molecule has 2 N–H and O–H groups in total. The molecule has 0 atom stereocenters. The Morgan fingerprint density at radius 3 is 2.71 bits per heavy atom. The first-order valence-corrected chi connectivity index (χ1v) is 9.46. The van der Waals surface area contributed by atoms with Gasteiger partial charge in [-0.2, -0.15) is 11.8 Å². The minimum Gasteiger partial charge on any atom is -0.362 e. The van der Waals surface area contributed by atoms with Crippen molar-refractivity contribution in [3.63, 3.8) is 0 Å². The van der Waals surface area contributed by atoms with E-state index in [1.54, 1.807) is 0 Å². The van der Waals surface area contributed by atoms with Gasteiger partial charge in [0.05, 0.1) is 0 Å². The maximum Gasteiger partial charge on any atom is 0.170 e. The van der Waals surface area contributed by atoms with Gasteiger partial charge in [0.15, 0.2) is 5.11 Å². The van der Waals surface area contributed by atoms with Crippen LogP contribution >= 0.6 is 35.3 Å². The maximum absolute atomic E-state index is 5.30. The molecule has 2 nitrogen and oxygen atoms in total. The van der Waals surface area contributed by atoms with Crippen LogP contribution < -0.4 is 10.6 Å². The Labute approximate surface area is 140 Å². The fourth-order valence-electron chi connectivity index (χ4n) is 1.80. The minimum atomic E-state index is 0.691. The topological polar surface area (TPSA) is 24.1 Å². The summed E-state index contributed by atoms with van der Waals surface area (Å²) >= 11 is 9.03. The molecule has 21 heavy (non-hydrogen) atoms. The van der Waals surface area contributed by atoms with Crippen molar-refractivity contribution in [2.45, 2.75) is 19.1 Å². The average Bonchev–Trinajstić information content (AvgIpc) is 3.01. The van der Waals surface area contributed by atoms with Gasteiger partial charge in [-0.3, -0.25) is 0 Å². The lowest BCUT2D eigenvalue weighted by Crippen LogP contribution is -2.30. The molecule has 1 aromatic carbocycles. The molecule has 0 unspecified atom stereocenters. The highest BCUT2D eigenvalue weighted by molar-refractivity contribution is 7.98. The summed E-state index contributed by atoms with van der Waals surface area (Å²) < 4.78 is 0. The molecule has 0 aliphatic rings. The molecule has 0 saturated carbocycles. The first kappa shape index (κ1) is 16.3. The normalized spacial score (nSPS) is 10.3. The molecule has 0 bridgehead atoms. The number of thiocarbonyl (C=S) groups is 1. The van der Waals surface area contributed by atoms with Crippen LogP contribution in [0.1, 0.15) is 17.4 Å². The standard InChI is InChI=1S/C16H20N2S3/c1-2-13-5-7-14(8-6-13)18-16(19)17-9-11-20-12-15-4-3-10-21-15/h3-8,10H,2,9,11-12H2,1H3,(H2,17,18,19). The smallest absolute Gasteiger partial charge is 0.170 e. The maximum atomic E-state index is 5.30. The van der Waals surface area contributed by atoms with Crippen LogP contribution in [0.3, 0.4) is 0 Å². The molecule has 0 fully saturated rings. The van der Waals surface area contributed by atoms with E-state index in [0.717, 1.165) is 30.2 Å². The van der Waals surface area contributed by atoms with Gasteiger partial charge in [0.1, 0.15) is 0 Å². The van der Waals surface area contributed by atoms with Crippen molar-refractivity contribution in [1.29, 1.82) is 0 Å². The number of hydrogen-bond acceptors (Lipinski definition) is 3. The first-order valence-electron chi connectivity index (χ1n) is 7.02. The van der Waals surface area contributed by atoms with Crippen molar-refractivity contribution in [2.24, 2.45) is 0 Å². The van der Waals surface area contributed by atoms with Crippen LogP contribution in [0.15, 0.2) is 41.8 Å². The fourth-order valence-corrected chi connectivity index (χ4v) is 3.72. The molecule has 1 heterocycles. The molecule has 0 saturated heterocycles. The van der Waals surface area contributed by atoms with Crippen LogP contribution in [-0.4, -0.2) is 17.4 Å². The number of aryl methyl sites for hydroxylation is 1. The highest BCUT2D eigenvalue weighted by atomic mass is 32.2. The number of anilines is 1. The molecular weight excluding hydrogens is 316 g/mol. The summed E-state index contributed by atoms with van der Waals surface area (Å²) in [5.41, 5.74) is 2.38. The van der Waals surface area contributed by atoms with E-state index in [2.05, 4.69) is 59.3 Å². The second-order valence-corrected chi connectivity index (χ2v) is 7.11. The van der Waals surface area contributed by atoms with E-state index in [1.165, 1.54) is 10.4 Å². The van der Waals surface area contributed by atoms with E-state index in [4.69, 9.17) is 12.2 Å². The van der Waals surface area contributed by atoms with Gasteiger partial charge in [-0.1, -0.05) is 25.1 Å². The molecule has 5 heteroatoms. The Morgan fingerprint density at radius 2 is 2.05 bits per heavy atom. The van der Waals surface area contributed by atoms with Gasteiger partial charge < -0.3 is 10.6 Å². The zero-order valence-corrected chi connectivity index (χ0v) is 14.5. The summed E-state index contributed by atoms with van der Waals surface area (Å²) in [4.78, 5) is 1.43. The van der Waals surface area contributed by atoms with Gasteiger partial charge in [-0.25, -0.2) is 0 Å². The van der Waals surface area contributed by atoms with Crippen molar-refractivity contribution in [3.8, 4) is 0 Å². The quantitative estimate of drug-likeness (QED) is 0.573. The Balaban J connectivity index is 1.60. The van der Waals surface area contributed by atoms with Crippen LogP contribution in [0.4, 0.5) is 5.69 Å². The van der Waals surface area contributed by atoms with Crippen molar-refractivity contribution in [2.75, 3.05) is 17.6 Å². The van der Waals surface area contributed by atoms with Crippen LogP contribution in [0.2, 0.25) is 0 Å². The molecule has 112 valence electrons. The minimum absolute atomic E-state index is 0.691. The summed E-state index contributed by atoms with van der Waals surface area (Å²) in [6.07, 6.45) is 1.06. The largest absolute Gasteiger partial charge is 0.362 e. The molecule has 1 aromatic heterocycles. The van der Waals surface area contributed by atoms with E-state index in [0.29, 0.717) is 5.11 Å². The van der Waals surface area contributed by atoms with Crippen molar-refractivity contribution < 1.29 is 0 Å². The molecule has 0 spiro atoms. The number of thioether (sulfide) groups is 1. The van der Waals surface area contributed by atoms with Crippen molar-refractivity contribution >= 4 is 46.1 Å². The second kappa shape index (κ2) is 9.07. The number of nitrogens with one attached hydrogen (secondary N) is 2. The number of rotatable bonds is 7. The van der Waals surface area contributed by atoms with Crippen LogP contribution in [0.25, 0.3) is 0 Å². The van der Waals surface area contributed by atoms with Gasteiger partial charge in [-0.05, 0) is 47.8 Å². The monoisotopic (exact) mass is 336 g/mol. The van der Waals surface area contributed by atoms with Crippen molar-refractivity contribution in [3.05, 3.63) is 52.2 Å². The third-order valence-electron chi connectivity index (χ3n) is 2.98.